The fourth-order valence-corrected chi connectivity index (χ4v) is 5.74. The molecule has 0 aromatic heterocycles. The summed E-state index contributed by atoms with van der Waals surface area (Å²) in [5.41, 5.74) is 3.86. The van der Waals surface area contributed by atoms with Gasteiger partial charge in [-0.15, -0.1) is 6.58 Å². The number of aryl methyl sites for hydroxylation is 1. The van der Waals surface area contributed by atoms with E-state index in [1.165, 1.54) is 11.1 Å². The first-order valence-corrected chi connectivity index (χ1v) is 13.2. The van der Waals surface area contributed by atoms with Crippen LogP contribution in [-0.4, -0.2) is 47.1 Å². The van der Waals surface area contributed by atoms with Gasteiger partial charge in [-0.05, 0) is 72.1 Å². The van der Waals surface area contributed by atoms with Gasteiger partial charge in [-0.25, -0.2) is 0 Å². The molecule has 194 valence electrons. The lowest BCUT2D eigenvalue weighted by molar-refractivity contribution is -0.139. The molecule has 0 saturated heterocycles. The van der Waals surface area contributed by atoms with Crippen LogP contribution in [0, 0.1) is 11.8 Å². The summed E-state index contributed by atoms with van der Waals surface area (Å²) in [4.78, 5) is 13.5. The number of fused-ring (bicyclic) bond motifs is 1. The highest BCUT2D eigenvalue weighted by Gasteiger charge is 2.38. The molecule has 3 N–H and O–H groups in total. The Hall–Kier alpha value is -2.54. The standard InChI is InChI=1S/C29H36ClNO5/c1-3-5-18-12-22(30)8-10-23(18)21-16-31(15-20-6-9-24(20)26(32)4-2)25-13-19(27(33)14-29(34)35)7-11-28(25)36-17-21/h4,7-8,10-13,20-21,24,26-27,32-33H,2-3,5-6,9,14-17H2,1H3,(H,34,35). The van der Waals surface area contributed by atoms with E-state index in [1.807, 2.05) is 24.3 Å². The monoisotopic (exact) mass is 513 g/mol. The molecule has 2 aromatic rings. The highest BCUT2D eigenvalue weighted by molar-refractivity contribution is 6.30. The molecule has 1 saturated carbocycles. The molecule has 1 aliphatic carbocycles. The van der Waals surface area contributed by atoms with E-state index in [1.54, 1.807) is 12.1 Å². The molecule has 5 atom stereocenters. The maximum atomic E-state index is 11.2. The number of carbonyl (C=O) groups is 1. The molecule has 1 aliphatic heterocycles. The number of ether oxygens (including phenoxy) is 1. The fraction of sp³-hybridized carbons (Fsp3) is 0.483. The molecule has 2 aromatic carbocycles. The third-order valence-corrected chi connectivity index (χ3v) is 7.87. The quantitative estimate of drug-likeness (QED) is 0.371. The topological polar surface area (TPSA) is 90.2 Å². The largest absolute Gasteiger partial charge is 0.491 e. The number of anilines is 1. The Labute approximate surface area is 218 Å². The van der Waals surface area contributed by atoms with Crippen molar-refractivity contribution in [1.29, 1.82) is 0 Å². The number of aliphatic carboxylic acids is 1. The van der Waals surface area contributed by atoms with Crippen LogP contribution in [0.4, 0.5) is 5.69 Å². The number of carboxylic acids is 1. The minimum atomic E-state index is -1.10. The maximum Gasteiger partial charge on any atom is 0.306 e. The number of aliphatic hydroxyl groups is 2. The molecular formula is C29H36ClNO5. The van der Waals surface area contributed by atoms with Crippen molar-refractivity contribution in [3.63, 3.8) is 0 Å². The highest BCUT2D eigenvalue weighted by atomic mass is 35.5. The smallest absolute Gasteiger partial charge is 0.306 e. The first-order chi connectivity index (χ1) is 17.3. The zero-order valence-corrected chi connectivity index (χ0v) is 21.5. The van der Waals surface area contributed by atoms with Crippen molar-refractivity contribution in [2.24, 2.45) is 11.8 Å². The van der Waals surface area contributed by atoms with Crippen molar-refractivity contribution >= 4 is 23.3 Å². The molecule has 5 unspecified atom stereocenters. The van der Waals surface area contributed by atoms with E-state index in [0.29, 0.717) is 24.6 Å². The second-order valence-corrected chi connectivity index (χ2v) is 10.5. The van der Waals surface area contributed by atoms with E-state index in [0.717, 1.165) is 48.7 Å². The van der Waals surface area contributed by atoms with Crippen LogP contribution in [0.3, 0.4) is 0 Å². The second-order valence-electron chi connectivity index (χ2n) is 10.1. The molecule has 0 spiro atoms. The van der Waals surface area contributed by atoms with Gasteiger partial charge in [0.05, 0.1) is 30.9 Å². The van der Waals surface area contributed by atoms with Gasteiger partial charge in [-0.3, -0.25) is 4.79 Å². The average molecular weight is 514 g/mol. The normalized spacial score (nSPS) is 23.0. The third kappa shape index (κ3) is 5.88. The van der Waals surface area contributed by atoms with Crippen LogP contribution in [0.25, 0.3) is 0 Å². The number of rotatable bonds is 10. The lowest BCUT2D eigenvalue weighted by atomic mass is 9.70. The molecule has 1 fully saturated rings. The van der Waals surface area contributed by atoms with Crippen LogP contribution in [0.2, 0.25) is 5.02 Å². The van der Waals surface area contributed by atoms with Crippen LogP contribution in [0.1, 0.15) is 61.3 Å². The number of halogens is 1. The summed E-state index contributed by atoms with van der Waals surface area (Å²) >= 11 is 6.32. The number of hydrogen-bond donors (Lipinski definition) is 3. The molecule has 7 heteroatoms. The fourth-order valence-electron chi connectivity index (χ4n) is 5.55. The molecule has 0 radical (unpaired) electrons. The number of nitrogens with zero attached hydrogens (tertiary/aromatic N) is 1. The Morgan fingerprint density at radius 1 is 1.25 bits per heavy atom. The van der Waals surface area contributed by atoms with Crippen LogP contribution < -0.4 is 9.64 Å². The van der Waals surface area contributed by atoms with Gasteiger partial charge in [0.1, 0.15) is 5.75 Å². The molecule has 0 amide bonds. The van der Waals surface area contributed by atoms with Gasteiger partial charge >= 0.3 is 5.97 Å². The molecule has 6 nitrogen and oxygen atoms in total. The van der Waals surface area contributed by atoms with Crippen LogP contribution in [0.15, 0.2) is 49.1 Å². The summed E-state index contributed by atoms with van der Waals surface area (Å²) in [6.07, 6.45) is 3.57. The lowest BCUT2D eigenvalue weighted by Gasteiger charge is -2.42. The Morgan fingerprint density at radius 3 is 2.72 bits per heavy atom. The van der Waals surface area contributed by atoms with E-state index in [9.17, 15) is 15.0 Å². The van der Waals surface area contributed by atoms with Gasteiger partial charge in [0.2, 0.25) is 0 Å². The minimum Gasteiger partial charge on any atom is -0.491 e. The molecule has 1 heterocycles. The molecule has 0 bridgehead atoms. The third-order valence-electron chi connectivity index (χ3n) is 7.63. The summed E-state index contributed by atoms with van der Waals surface area (Å²) in [5.74, 6) is 0.243. The van der Waals surface area contributed by atoms with E-state index >= 15 is 0 Å². The Bertz CT molecular complexity index is 1090. The minimum absolute atomic E-state index is 0.103. The summed E-state index contributed by atoms with van der Waals surface area (Å²) < 4.78 is 6.32. The Kier molecular flexibility index (Phi) is 8.60. The van der Waals surface area contributed by atoms with Crippen molar-refractivity contribution in [3.05, 3.63) is 70.8 Å². The summed E-state index contributed by atoms with van der Waals surface area (Å²) in [5, 5.41) is 30.8. The van der Waals surface area contributed by atoms with Gasteiger partial charge in [0.25, 0.3) is 0 Å². The first kappa shape index (κ1) is 26.5. The zero-order valence-electron chi connectivity index (χ0n) is 20.8. The zero-order chi connectivity index (χ0) is 25.8. The van der Waals surface area contributed by atoms with E-state index in [4.69, 9.17) is 21.4 Å². The van der Waals surface area contributed by atoms with Crippen molar-refractivity contribution < 1.29 is 24.9 Å². The van der Waals surface area contributed by atoms with Gasteiger partial charge in [-0.1, -0.05) is 43.2 Å². The summed E-state index contributed by atoms with van der Waals surface area (Å²) in [6.45, 7) is 7.86. The Balaban J connectivity index is 1.68. The van der Waals surface area contributed by atoms with Gasteiger partial charge < -0.3 is 25.0 Å². The second kappa shape index (κ2) is 11.7. The lowest BCUT2D eigenvalue weighted by Crippen LogP contribution is -2.43. The predicted octanol–water partition coefficient (Wildman–Crippen LogP) is 5.36. The molecule has 2 aliphatic rings. The van der Waals surface area contributed by atoms with Gasteiger partial charge in [-0.2, -0.15) is 0 Å². The molecule has 4 rings (SSSR count). The molecular weight excluding hydrogens is 478 g/mol. The van der Waals surface area contributed by atoms with Gasteiger partial charge in [0, 0.05) is 24.0 Å². The van der Waals surface area contributed by atoms with E-state index in [-0.39, 0.29) is 18.3 Å². The Morgan fingerprint density at radius 2 is 2.06 bits per heavy atom. The van der Waals surface area contributed by atoms with Crippen molar-refractivity contribution in [1.82, 2.24) is 0 Å². The molecule has 36 heavy (non-hydrogen) atoms. The van der Waals surface area contributed by atoms with Crippen molar-refractivity contribution in [2.45, 2.75) is 57.2 Å². The van der Waals surface area contributed by atoms with Crippen LogP contribution in [0.5, 0.6) is 5.75 Å². The van der Waals surface area contributed by atoms with E-state index < -0.39 is 18.2 Å². The van der Waals surface area contributed by atoms with E-state index in [2.05, 4.69) is 24.5 Å². The van der Waals surface area contributed by atoms with Crippen LogP contribution >= 0.6 is 11.6 Å². The van der Waals surface area contributed by atoms with Crippen LogP contribution in [-0.2, 0) is 11.2 Å². The summed E-state index contributed by atoms with van der Waals surface area (Å²) in [7, 11) is 0. The average Bonchev–Trinajstić information content (AvgIpc) is 3.00. The number of hydrogen-bond acceptors (Lipinski definition) is 5. The summed E-state index contributed by atoms with van der Waals surface area (Å²) in [6, 6.07) is 11.5. The highest BCUT2D eigenvalue weighted by Crippen LogP contribution is 2.43. The number of carboxylic acid groups (broad SMARTS) is 1. The number of benzene rings is 2. The number of aliphatic hydroxyl groups excluding tert-OH is 2. The predicted molar refractivity (Wildman–Crippen MR) is 142 cm³/mol. The van der Waals surface area contributed by atoms with Crippen molar-refractivity contribution in [2.75, 3.05) is 24.6 Å². The van der Waals surface area contributed by atoms with Crippen molar-refractivity contribution in [3.8, 4) is 5.75 Å². The maximum absolute atomic E-state index is 11.2. The first-order valence-electron chi connectivity index (χ1n) is 12.8. The SMILES string of the molecule is C=CC(O)C1CCC1CN1CC(c2ccc(Cl)cc2CCC)COc2ccc(C(O)CC(=O)O)cc21. The van der Waals surface area contributed by atoms with Gasteiger partial charge in [0.15, 0.2) is 0 Å².